The molecule has 0 bridgehead atoms. The number of hydrogen-bond donors (Lipinski definition) is 2. The number of benzene rings is 2. The SMILES string of the molecule is CC(C)C[C@H](N[C@@H](c1ccc(-c2ccc(OC(F)(F)F)cc2)cc1)C(F)(F)F)C(=O)NCC#N. The van der Waals surface area contributed by atoms with E-state index in [0.29, 0.717) is 11.1 Å². The van der Waals surface area contributed by atoms with Crippen molar-refractivity contribution in [3.8, 4) is 22.9 Å². The van der Waals surface area contributed by atoms with Crippen molar-refractivity contribution in [2.75, 3.05) is 6.54 Å². The average molecular weight is 487 g/mol. The molecule has 0 saturated heterocycles. The molecule has 34 heavy (non-hydrogen) atoms. The minimum Gasteiger partial charge on any atom is -0.406 e. The molecule has 0 aliphatic carbocycles. The van der Waals surface area contributed by atoms with Crippen LogP contribution in [0.3, 0.4) is 0 Å². The molecule has 0 fully saturated rings. The van der Waals surface area contributed by atoms with Gasteiger partial charge in [0.15, 0.2) is 0 Å². The topological polar surface area (TPSA) is 74.2 Å². The van der Waals surface area contributed by atoms with Crippen LogP contribution in [0.4, 0.5) is 26.3 Å². The van der Waals surface area contributed by atoms with E-state index in [2.05, 4.69) is 15.4 Å². The normalized spacial score (nSPS) is 13.8. The summed E-state index contributed by atoms with van der Waals surface area (Å²) in [6, 6.07) is 8.58. The number of amides is 1. The lowest BCUT2D eigenvalue weighted by atomic mass is 9.97. The van der Waals surface area contributed by atoms with E-state index < -0.39 is 36.3 Å². The fraction of sp³-hybridized carbons (Fsp3) is 0.391. The van der Waals surface area contributed by atoms with Gasteiger partial charge in [-0.2, -0.15) is 18.4 Å². The van der Waals surface area contributed by atoms with Gasteiger partial charge in [0.1, 0.15) is 18.3 Å². The zero-order valence-corrected chi connectivity index (χ0v) is 18.3. The van der Waals surface area contributed by atoms with Crippen LogP contribution in [0.25, 0.3) is 11.1 Å². The molecule has 0 spiro atoms. The number of nitriles is 1. The maximum Gasteiger partial charge on any atom is 0.573 e. The van der Waals surface area contributed by atoms with Gasteiger partial charge in [-0.1, -0.05) is 50.2 Å². The largest absolute Gasteiger partial charge is 0.573 e. The molecular formula is C23H23F6N3O2. The molecule has 1 amide bonds. The van der Waals surface area contributed by atoms with Gasteiger partial charge in [0, 0.05) is 0 Å². The maximum atomic E-state index is 13.9. The summed E-state index contributed by atoms with van der Waals surface area (Å²) in [6.07, 6.45) is -9.43. The summed E-state index contributed by atoms with van der Waals surface area (Å²) < 4.78 is 82.3. The number of carbonyl (C=O) groups is 1. The van der Waals surface area contributed by atoms with Gasteiger partial charge in [0.25, 0.3) is 0 Å². The van der Waals surface area contributed by atoms with Crippen LogP contribution in [-0.2, 0) is 4.79 Å². The molecule has 184 valence electrons. The van der Waals surface area contributed by atoms with E-state index in [-0.39, 0.29) is 24.4 Å². The predicted molar refractivity (Wildman–Crippen MR) is 112 cm³/mol. The second-order valence-electron chi connectivity index (χ2n) is 7.89. The van der Waals surface area contributed by atoms with E-state index in [9.17, 15) is 31.1 Å². The Labute approximate surface area is 192 Å². The average Bonchev–Trinajstić information content (AvgIpc) is 2.73. The van der Waals surface area contributed by atoms with Crippen molar-refractivity contribution in [1.82, 2.24) is 10.6 Å². The van der Waals surface area contributed by atoms with Crippen LogP contribution in [0.1, 0.15) is 31.9 Å². The summed E-state index contributed by atoms with van der Waals surface area (Å²) >= 11 is 0. The van der Waals surface area contributed by atoms with Gasteiger partial charge in [-0.05, 0) is 41.2 Å². The third-order valence-corrected chi connectivity index (χ3v) is 4.73. The molecule has 2 atom stereocenters. The third kappa shape index (κ3) is 8.26. The fourth-order valence-electron chi connectivity index (χ4n) is 3.27. The second kappa shape index (κ2) is 11.2. The van der Waals surface area contributed by atoms with Crippen molar-refractivity contribution >= 4 is 5.91 Å². The van der Waals surface area contributed by atoms with Gasteiger partial charge >= 0.3 is 12.5 Å². The number of nitrogens with one attached hydrogen (secondary N) is 2. The van der Waals surface area contributed by atoms with Gasteiger partial charge in [0.2, 0.25) is 5.91 Å². The molecule has 0 saturated carbocycles. The van der Waals surface area contributed by atoms with Gasteiger partial charge in [-0.15, -0.1) is 13.2 Å². The number of ether oxygens (including phenoxy) is 1. The number of alkyl halides is 6. The highest BCUT2D eigenvalue weighted by molar-refractivity contribution is 5.82. The summed E-state index contributed by atoms with van der Waals surface area (Å²) in [4.78, 5) is 12.3. The molecule has 2 aromatic rings. The Balaban J connectivity index is 2.25. The second-order valence-corrected chi connectivity index (χ2v) is 7.89. The molecule has 2 rings (SSSR count). The summed E-state index contributed by atoms with van der Waals surface area (Å²) in [5.41, 5.74) is 0.815. The highest BCUT2D eigenvalue weighted by Crippen LogP contribution is 2.35. The molecular weight excluding hydrogens is 464 g/mol. The Kier molecular flexibility index (Phi) is 8.93. The maximum absolute atomic E-state index is 13.9. The van der Waals surface area contributed by atoms with E-state index in [1.165, 1.54) is 36.4 Å². The van der Waals surface area contributed by atoms with Crippen molar-refractivity contribution < 1.29 is 35.9 Å². The summed E-state index contributed by atoms with van der Waals surface area (Å²) in [7, 11) is 0. The van der Waals surface area contributed by atoms with Crippen molar-refractivity contribution in [3.05, 3.63) is 54.1 Å². The molecule has 11 heteroatoms. The number of halogens is 6. The highest BCUT2D eigenvalue weighted by atomic mass is 19.4. The van der Waals surface area contributed by atoms with Gasteiger partial charge in [-0.25, -0.2) is 0 Å². The third-order valence-electron chi connectivity index (χ3n) is 4.73. The fourth-order valence-corrected chi connectivity index (χ4v) is 3.27. The number of rotatable bonds is 9. The van der Waals surface area contributed by atoms with E-state index >= 15 is 0 Å². The van der Waals surface area contributed by atoms with E-state index in [0.717, 1.165) is 12.1 Å². The van der Waals surface area contributed by atoms with Crippen molar-refractivity contribution in [1.29, 1.82) is 5.26 Å². The Hall–Kier alpha value is -3.26. The number of carbonyl (C=O) groups excluding carboxylic acids is 1. The molecule has 2 N–H and O–H groups in total. The smallest absolute Gasteiger partial charge is 0.406 e. The van der Waals surface area contributed by atoms with Crippen LogP contribution in [0, 0.1) is 17.2 Å². The van der Waals surface area contributed by atoms with Crippen molar-refractivity contribution in [2.45, 2.75) is 44.9 Å². The zero-order valence-electron chi connectivity index (χ0n) is 18.3. The first kappa shape index (κ1) is 27.0. The molecule has 0 unspecified atom stereocenters. The van der Waals surface area contributed by atoms with Gasteiger partial charge in [0.05, 0.1) is 12.1 Å². The summed E-state index contributed by atoms with van der Waals surface area (Å²) in [5, 5.41) is 13.3. The monoisotopic (exact) mass is 487 g/mol. The minimum atomic E-state index is -4.83. The first-order valence-electron chi connectivity index (χ1n) is 10.2. The zero-order chi connectivity index (χ0) is 25.5. The Morgan fingerprint density at radius 1 is 0.971 bits per heavy atom. The Bertz CT molecular complexity index is 980. The quantitative estimate of drug-likeness (QED) is 0.362. The van der Waals surface area contributed by atoms with Crippen LogP contribution in [-0.4, -0.2) is 31.0 Å². The molecule has 0 heterocycles. The first-order chi connectivity index (χ1) is 15.8. The number of nitrogens with zero attached hydrogens (tertiary/aromatic N) is 1. The van der Waals surface area contributed by atoms with Crippen LogP contribution in [0.2, 0.25) is 0 Å². The molecule has 0 aromatic heterocycles. The lowest BCUT2D eigenvalue weighted by Gasteiger charge is -2.28. The summed E-state index contributed by atoms with van der Waals surface area (Å²) in [6.45, 7) is 3.19. The molecule has 0 aliphatic heterocycles. The van der Waals surface area contributed by atoms with E-state index in [1.54, 1.807) is 19.9 Å². The molecule has 2 aromatic carbocycles. The first-order valence-corrected chi connectivity index (χ1v) is 10.2. The van der Waals surface area contributed by atoms with Gasteiger partial charge in [-0.3, -0.25) is 10.1 Å². The van der Waals surface area contributed by atoms with Gasteiger partial charge < -0.3 is 10.1 Å². The van der Waals surface area contributed by atoms with Crippen LogP contribution >= 0.6 is 0 Å². The Morgan fingerprint density at radius 2 is 1.50 bits per heavy atom. The minimum absolute atomic E-state index is 0.0918. The lowest BCUT2D eigenvalue weighted by molar-refractivity contribution is -0.274. The highest BCUT2D eigenvalue weighted by Gasteiger charge is 2.43. The van der Waals surface area contributed by atoms with Crippen molar-refractivity contribution in [2.24, 2.45) is 5.92 Å². The molecule has 0 aliphatic rings. The Morgan fingerprint density at radius 3 is 1.94 bits per heavy atom. The van der Waals surface area contributed by atoms with Crippen LogP contribution < -0.4 is 15.4 Å². The number of hydrogen-bond acceptors (Lipinski definition) is 4. The van der Waals surface area contributed by atoms with E-state index in [1.807, 2.05) is 0 Å². The van der Waals surface area contributed by atoms with E-state index in [4.69, 9.17) is 5.26 Å². The standard InChI is InChI=1S/C23H23F6N3O2/c1-14(2)13-19(21(33)31-12-11-30)32-20(22(24,25)26)17-5-3-15(4-6-17)16-7-9-18(10-8-16)34-23(27,28)29/h3-10,14,19-20,32H,12-13H2,1-2H3,(H,31,33)/t19-,20-/m0/s1. The lowest BCUT2D eigenvalue weighted by Crippen LogP contribution is -2.49. The molecule has 0 radical (unpaired) electrons. The molecule has 5 nitrogen and oxygen atoms in total. The predicted octanol–water partition coefficient (Wildman–Crippen LogP) is 5.50. The van der Waals surface area contributed by atoms with Crippen LogP contribution in [0.5, 0.6) is 5.75 Å². The summed E-state index contributed by atoms with van der Waals surface area (Å²) in [5.74, 6) is -1.21. The van der Waals surface area contributed by atoms with Crippen molar-refractivity contribution in [3.63, 3.8) is 0 Å². The van der Waals surface area contributed by atoms with Crippen LogP contribution in [0.15, 0.2) is 48.5 Å².